The van der Waals surface area contributed by atoms with Gasteiger partial charge in [0.25, 0.3) is 0 Å². The fraction of sp³-hybridized carbons (Fsp3) is 0.625. The Morgan fingerprint density at radius 1 is 1.06 bits per heavy atom. The predicted molar refractivity (Wildman–Crippen MR) is 78.3 cm³/mol. The Kier molecular flexibility index (Phi) is 6.81. The van der Waals surface area contributed by atoms with Crippen LogP contribution in [0.4, 0.5) is 0 Å². The molecule has 0 fully saturated rings. The van der Waals surface area contributed by atoms with Crippen LogP contribution in [-0.2, 0) is 6.42 Å². The third-order valence-electron chi connectivity index (χ3n) is 3.20. The monoisotopic (exact) mass is 249 g/mol. The number of benzene rings is 1. The van der Waals surface area contributed by atoms with Crippen molar-refractivity contribution in [2.45, 2.75) is 52.9 Å². The molecule has 18 heavy (non-hydrogen) atoms. The smallest absolute Gasteiger partial charge is 0.125 e. The molecule has 1 rings (SSSR count). The fourth-order valence-electron chi connectivity index (χ4n) is 2.28. The molecule has 0 aliphatic heterocycles. The van der Waals surface area contributed by atoms with Crippen LogP contribution >= 0.6 is 0 Å². The first-order valence-corrected chi connectivity index (χ1v) is 7.12. The maximum Gasteiger partial charge on any atom is 0.125 e. The summed E-state index contributed by atoms with van der Waals surface area (Å²) in [5.41, 5.74) is 9.37. The quantitative estimate of drug-likeness (QED) is 0.712. The number of nitrogens with two attached hydrogens (primary N) is 1. The van der Waals surface area contributed by atoms with Gasteiger partial charge >= 0.3 is 0 Å². The molecule has 0 aliphatic carbocycles. The van der Waals surface area contributed by atoms with Crippen molar-refractivity contribution in [3.05, 3.63) is 28.8 Å². The maximum absolute atomic E-state index is 5.92. The second-order valence-electron chi connectivity index (χ2n) is 5.01. The lowest BCUT2D eigenvalue weighted by Gasteiger charge is -2.14. The van der Waals surface area contributed by atoms with Gasteiger partial charge in [-0.1, -0.05) is 38.3 Å². The normalized spacial score (nSPS) is 10.7. The molecule has 0 radical (unpaired) electrons. The van der Waals surface area contributed by atoms with Gasteiger partial charge in [0.05, 0.1) is 6.61 Å². The van der Waals surface area contributed by atoms with E-state index in [1.165, 1.54) is 36.0 Å². The van der Waals surface area contributed by atoms with Gasteiger partial charge < -0.3 is 10.5 Å². The fourth-order valence-corrected chi connectivity index (χ4v) is 2.28. The van der Waals surface area contributed by atoms with E-state index in [9.17, 15) is 0 Å². The number of unbranched alkanes of at least 4 members (excludes halogenated alkanes) is 3. The van der Waals surface area contributed by atoms with Gasteiger partial charge in [-0.2, -0.15) is 0 Å². The predicted octanol–water partition coefficient (Wildman–Crippen LogP) is 3.76. The molecule has 0 saturated heterocycles. The van der Waals surface area contributed by atoms with Gasteiger partial charge in [0.15, 0.2) is 0 Å². The molecule has 0 aliphatic rings. The van der Waals surface area contributed by atoms with Gasteiger partial charge in [0, 0.05) is 0 Å². The van der Waals surface area contributed by atoms with Gasteiger partial charge in [0.2, 0.25) is 0 Å². The van der Waals surface area contributed by atoms with E-state index >= 15 is 0 Å². The van der Waals surface area contributed by atoms with Crippen molar-refractivity contribution < 1.29 is 4.74 Å². The molecule has 0 saturated carbocycles. The molecule has 2 heteroatoms. The first kappa shape index (κ1) is 15.0. The van der Waals surface area contributed by atoms with Gasteiger partial charge in [-0.25, -0.2) is 0 Å². The SMILES string of the molecule is CCCCCCOc1c(C)cc(CCN)cc1C. The zero-order valence-corrected chi connectivity index (χ0v) is 12.1. The Labute approximate surface area is 112 Å². The Morgan fingerprint density at radius 3 is 2.28 bits per heavy atom. The largest absolute Gasteiger partial charge is 0.493 e. The van der Waals surface area contributed by atoms with Crippen molar-refractivity contribution in [2.24, 2.45) is 5.73 Å². The van der Waals surface area contributed by atoms with Crippen molar-refractivity contribution in [1.82, 2.24) is 0 Å². The van der Waals surface area contributed by atoms with Gasteiger partial charge in [-0.05, 0) is 49.9 Å². The molecular weight excluding hydrogens is 222 g/mol. The summed E-state index contributed by atoms with van der Waals surface area (Å²) in [5.74, 6) is 1.06. The lowest BCUT2D eigenvalue weighted by atomic mass is 10.0. The zero-order chi connectivity index (χ0) is 13.4. The maximum atomic E-state index is 5.92. The highest BCUT2D eigenvalue weighted by atomic mass is 16.5. The molecular formula is C16H27NO. The van der Waals surface area contributed by atoms with Crippen LogP contribution in [-0.4, -0.2) is 13.2 Å². The van der Waals surface area contributed by atoms with Crippen molar-refractivity contribution in [3.8, 4) is 5.75 Å². The second kappa shape index (κ2) is 8.15. The summed E-state index contributed by atoms with van der Waals surface area (Å²) >= 11 is 0. The van der Waals surface area contributed by atoms with Crippen molar-refractivity contribution in [3.63, 3.8) is 0 Å². The molecule has 102 valence electrons. The van der Waals surface area contributed by atoms with Gasteiger partial charge in [-0.15, -0.1) is 0 Å². The van der Waals surface area contributed by atoms with Crippen molar-refractivity contribution in [2.75, 3.05) is 13.2 Å². The molecule has 0 amide bonds. The Morgan fingerprint density at radius 2 is 1.72 bits per heavy atom. The van der Waals surface area contributed by atoms with Crippen molar-refractivity contribution >= 4 is 0 Å². The highest BCUT2D eigenvalue weighted by Crippen LogP contribution is 2.25. The Bertz CT molecular complexity index is 337. The van der Waals surface area contributed by atoms with E-state index in [0.29, 0.717) is 6.54 Å². The number of rotatable bonds is 8. The summed E-state index contributed by atoms with van der Waals surface area (Å²) in [5, 5.41) is 0. The third kappa shape index (κ3) is 4.69. The van der Waals surface area contributed by atoms with E-state index in [1.807, 2.05) is 0 Å². The lowest BCUT2D eigenvalue weighted by molar-refractivity contribution is 0.301. The van der Waals surface area contributed by atoms with Crippen LogP contribution in [0.5, 0.6) is 5.75 Å². The van der Waals surface area contributed by atoms with Crippen LogP contribution in [0.15, 0.2) is 12.1 Å². The summed E-state index contributed by atoms with van der Waals surface area (Å²) in [6.07, 6.45) is 5.93. The lowest BCUT2D eigenvalue weighted by Crippen LogP contribution is -2.05. The molecule has 0 heterocycles. The van der Waals surface area contributed by atoms with E-state index in [-0.39, 0.29) is 0 Å². The van der Waals surface area contributed by atoms with Crippen LogP contribution in [0.3, 0.4) is 0 Å². The number of aryl methyl sites for hydroxylation is 2. The summed E-state index contributed by atoms with van der Waals surface area (Å²) < 4.78 is 5.92. The minimum absolute atomic E-state index is 0.704. The van der Waals surface area contributed by atoms with Gasteiger partial charge in [-0.3, -0.25) is 0 Å². The van der Waals surface area contributed by atoms with Crippen LogP contribution in [0.1, 0.15) is 49.3 Å². The minimum atomic E-state index is 0.704. The summed E-state index contributed by atoms with van der Waals surface area (Å²) in [7, 11) is 0. The molecule has 1 aromatic rings. The van der Waals surface area contributed by atoms with E-state index in [4.69, 9.17) is 10.5 Å². The third-order valence-corrected chi connectivity index (χ3v) is 3.20. The zero-order valence-electron chi connectivity index (χ0n) is 12.1. The Hall–Kier alpha value is -1.02. The van der Waals surface area contributed by atoms with Crippen LogP contribution < -0.4 is 10.5 Å². The van der Waals surface area contributed by atoms with E-state index in [0.717, 1.165) is 25.2 Å². The summed E-state index contributed by atoms with van der Waals surface area (Å²) in [4.78, 5) is 0. The average Bonchev–Trinajstić information content (AvgIpc) is 2.32. The van der Waals surface area contributed by atoms with Gasteiger partial charge in [0.1, 0.15) is 5.75 Å². The molecule has 0 bridgehead atoms. The number of hydrogen-bond acceptors (Lipinski definition) is 2. The topological polar surface area (TPSA) is 35.2 Å². The first-order chi connectivity index (χ1) is 8.69. The standard InChI is InChI=1S/C16H27NO/c1-4-5-6-7-10-18-16-13(2)11-15(8-9-17)12-14(16)3/h11-12H,4-10,17H2,1-3H3. The minimum Gasteiger partial charge on any atom is -0.493 e. The average molecular weight is 249 g/mol. The van der Waals surface area contributed by atoms with E-state index in [1.54, 1.807) is 0 Å². The highest BCUT2D eigenvalue weighted by molar-refractivity contribution is 5.43. The van der Waals surface area contributed by atoms with E-state index < -0.39 is 0 Å². The molecule has 1 aromatic carbocycles. The molecule has 0 aromatic heterocycles. The highest BCUT2D eigenvalue weighted by Gasteiger charge is 2.06. The Balaban J connectivity index is 2.54. The summed E-state index contributed by atoms with van der Waals surface area (Å²) in [6.45, 7) is 8.00. The molecule has 0 unspecified atom stereocenters. The second-order valence-corrected chi connectivity index (χ2v) is 5.01. The number of hydrogen-bond donors (Lipinski definition) is 1. The molecule has 2 nitrogen and oxygen atoms in total. The molecule has 0 spiro atoms. The van der Waals surface area contributed by atoms with Crippen LogP contribution in [0.25, 0.3) is 0 Å². The molecule has 2 N–H and O–H groups in total. The first-order valence-electron chi connectivity index (χ1n) is 7.12. The van der Waals surface area contributed by atoms with Crippen LogP contribution in [0.2, 0.25) is 0 Å². The van der Waals surface area contributed by atoms with Crippen LogP contribution in [0, 0.1) is 13.8 Å². The van der Waals surface area contributed by atoms with Crippen molar-refractivity contribution in [1.29, 1.82) is 0 Å². The van der Waals surface area contributed by atoms with E-state index in [2.05, 4.69) is 32.9 Å². The summed E-state index contributed by atoms with van der Waals surface area (Å²) in [6, 6.07) is 4.39. The molecule has 0 atom stereocenters. The number of ether oxygens (including phenoxy) is 1.